The topological polar surface area (TPSA) is 119 Å². The summed E-state index contributed by atoms with van der Waals surface area (Å²) in [6.45, 7) is 39.6. The van der Waals surface area contributed by atoms with Gasteiger partial charge in [0.25, 0.3) is 0 Å². The van der Waals surface area contributed by atoms with E-state index in [9.17, 15) is 0 Å². The van der Waals surface area contributed by atoms with Gasteiger partial charge in [0.05, 0.1) is 72.5 Å². The molecule has 12 nitrogen and oxygen atoms in total. The first kappa shape index (κ1) is 77.0. The third-order valence-electron chi connectivity index (χ3n) is 22.5. The van der Waals surface area contributed by atoms with Crippen molar-refractivity contribution in [2.45, 2.75) is 183 Å². The fourth-order valence-electron chi connectivity index (χ4n) is 16.9. The highest BCUT2D eigenvalue weighted by Crippen LogP contribution is 2.46. The highest BCUT2D eigenvalue weighted by Gasteiger charge is 2.29. The molecule has 13 heteroatoms. The summed E-state index contributed by atoms with van der Waals surface area (Å²) in [7, 11) is 0. The van der Waals surface area contributed by atoms with Crippen molar-refractivity contribution in [3.8, 4) is 40.2 Å². The lowest BCUT2D eigenvalue weighted by Crippen LogP contribution is -2.37. The van der Waals surface area contributed by atoms with Crippen LogP contribution in [0, 0.1) is 0 Å². The van der Waals surface area contributed by atoms with Crippen LogP contribution in [0.4, 0.5) is 11.4 Å². The van der Waals surface area contributed by atoms with Crippen molar-refractivity contribution in [3.63, 3.8) is 0 Å². The van der Waals surface area contributed by atoms with Crippen LogP contribution in [0.5, 0.6) is 40.2 Å². The van der Waals surface area contributed by atoms with Crippen LogP contribution in [0.1, 0.15) is 217 Å². The Bertz CT molecular complexity index is 4670. The van der Waals surface area contributed by atoms with Crippen molar-refractivity contribution in [2.24, 2.45) is 0 Å². The second kappa shape index (κ2) is 34.2. The van der Waals surface area contributed by atoms with Crippen LogP contribution in [-0.4, -0.2) is 80.8 Å². The van der Waals surface area contributed by atoms with Gasteiger partial charge in [-0.1, -0.05) is 187 Å². The zero-order chi connectivity index (χ0) is 76.9. The van der Waals surface area contributed by atoms with Crippen LogP contribution in [0.25, 0.3) is 54.3 Å². The van der Waals surface area contributed by atoms with E-state index >= 15 is 0 Å². The zero-order valence-electron chi connectivity index (χ0n) is 67.1. The Kier molecular flexibility index (Phi) is 24.0. The minimum Gasteiger partial charge on any atom is -0.493 e. The number of rotatable bonds is 7. The summed E-state index contributed by atoms with van der Waals surface area (Å²) in [5, 5.41) is 13.1. The smallest absolute Gasteiger partial charge is 0.144 e. The maximum atomic E-state index is 6.28. The van der Waals surface area contributed by atoms with Gasteiger partial charge in [-0.2, -0.15) is 0 Å². The summed E-state index contributed by atoms with van der Waals surface area (Å²) in [6.07, 6.45) is 13.3. The lowest BCUT2D eigenvalue weighted by atomic mass is 9.89. The van der Waals surface area contributed by atoms with Gasteiger partial charge >= 0.3 is 0 Å². The standard InChI is InChI=1S/2C15H16O.3C14H15NO.C14H19NO.C11H14ClNO/c2*1-10(2)12-6-7-14-15-11(8-9-16-14)4-3-5-13(12)15;3*1-9(2)11-3-4-12-13-10(6-8-16-12)5-7-15-14(11)13;1-10(2)11-5-6-13-14-12(11)4-3-7-15(14)8-9-16-13;1-7(2)8-3-4-9-11(10(8)12)13-5-6-14-9/h2*3-7,10H,8-9H2,1-2H3;3*3-5,7,9H,6,8H2,1-2H3;5-6,10H,3-4,7-9H2,1-2H3;3-4,7,13H,5-6H2,1-2H3. The summed E-state index contributed by atoms with van der Waals surface area (Å²) in [5.74, 6) is 10.7. The monoisotopic (exact) mass is 1490 g/mol. The van der Waals surface area contributed by atoms with Crippen molar-refractivity contribution >= 4 is 77.2 Å². The van der Waals surface area contributed by atoms with Gasteiger partial charge in [-0.15, -0.1) is 0 Å². The molecule has 9 aromatic carbocycles. The van der Waals surface area contributed by atoms with Gasteiger partial charge < -0.3 is 43.4 Å². The molecule has 8 aliphatic rings. The molecule has 0 saturated heterocycles. The fourth-order valence-corrected chi connectivity index (χ4v) is 17.3. The molecule has 20 rings (SSSR count). The summed E-state index contributed by atoms with van der Waals surface area (Å²) in [4.78, 5) is 16.1. The van der Waals surface area contributed by atoms with E-state index < -0.39 is 0 Å². The molecule has 0 saturated carbocycles. The number of aromatic nitrogens is 3. The van der Waals surface area contributed by atoms with Gasteiger partial charge in [0.2, 0.25) is 0 Å². The Balaban J connectivity index is 0.000000107. The van der Waals surface area contributed by atoms with Crippen molar-refractivity contribution < 1.29 is 33.2 Å². The summed E-state index contributed by atoms with van der Waals surface area (Å²) in [6, 6.07) is 49.3. The molecule has 0 spiro atoms. The van der Waals surface area contributed by atoms with Crippen molar-refractivity contribution in [1.29, 1.82) is 0 Å². The van der Waals surface area contributed by atoms with Crippen molar-refractivity contribution in [1.82, 2.24) is 15.0 Å². The Labute approximate surface area is 656 Å². The Morgan fingerprint density at radius 1 is 0.318 bits per heavy atom. The number of hydrogen-bond acceptors (Lipinski definition) is 12. The molecular weight excluding hydrogens is 1380 g/mol. The molecule has 1 N–H and O–H groups in total. The van der Waals surface area contributed by atoms with E-state index in [1.54, 1.807) is 5.56 Å². The number of benzene rings is 9. The van der Waals surface area contributed by atoms with E-state index in [2.05, 4.69) is 249 Å². The van der Waals surface area contributed by atoms with Gasteiger partial charge in [0.15, 0.2) is 0 Å². The molecule has 0 amide bonds. The second-order valence-electron chi connectivity index (χ2n) is 32.1. The van der Waals surface area contributed by atoms with Crippen molar-refractivity contribution in [2.75, 3.05) is 76.1 Å². The Morgan fingerprint density at radius 3 is 1.06 bits per heavy atom. The maximum Gasteiger partial charge on any atom is 0.144 e. The number of hydrogen-bond donors (Lipinski definition) is 1. The number of fused-ring (bicyclic) bond motifs is 1. The van der Waals surface area contributed by atoms with E-state index in [4.69, 9.17) is 44.8 Å². The quantitative estimate of drug-likeness (QED) is 0.164. The summed E-state index contributed by atoms with van der Waals surface area (Å²) < 4.78 is 39.8. The molecule has 572 valence electrons. The van der Waals surface area contributed by atoms with Crippen LogP contribution in [0.3, 0.4) is 0 Å². The summed E-state index contributed by atoms with van der Waals surface area (Å²) >= 11 is 6.28. The summed E-state index contributed by atoms with van der Waals surface area (Å²) in [5.41, 5.74) is 23.7. The number of anilines is 2. The van der Waals surface area contributed by atoms with Crippen molar-refractivity contribution in [3.05, 3.63) is 235 Å². The number of nitrogens with zero attached hydrogens (tertiary/aromatic N) is 4. The van der Waals surface area contributed by atoms with E-state index in [0.717, 1.165) is 152 Å². The predicted molar refractivity (Wildman–Crippen MR) is 456 cm³/mol. The molecule has 0 bridgehead atoms. The fraction of sp³-hybridized carbons (Fsp3) is 0.392. The molecule has 8 aliphatic heterocycles. The third kappa shape index (κ3) is 16.1. The number of halogens is 1. The minimum atomic E-state index is 0.441. The van der Waals surface area contributed by atoms with E-state index in [-0.39, 0.29) is 0 Å². The molecule has 0 aliphatic carbocycles. The maximum absolute atomic E-state index is 6.28. The molecule has 0 atom stereocenters. The normalized spacial score (nSPS) is 14.8. The average Bonchev–Trinajstić information content (AvgIpc) is 0.793. The average molecular weight is 1490 g/mol. The first-order valence-electron chi connectivity index (χ1n) is 40.5. The van der Waals surface area contributed by atoms with Gasteiger partial charge in [-0.05, 0) is 198 Å². The second-order valence-corrected chi connectivity index (χ2v) is 32.5. The molecular formula is C97H110ClN5O7. The highest BCUT2D eigenvalue weighted by molar-refractivity contribution is 6.34. The van der Waals surface area contributed by atoms with Gasteiger partial charge in [-0.3, -0.25) is 15.0 Å². The van der Waals surface area contributed by atoms with E-state index in [1.807, 2.05) is 30.7 Å². The van der Waals surface area contributed by atoms with Crippen LogP contribution >= 0.6 is 11.6 Å². The highest BCUT2D eigenvalue weighted by atomic mass is 35.5. The third-order valence-corrected chi connectivity index (χ3v) is 22.9. The lowest BCUT2D eigenvalue weighted by Gasteiger charge is -2.37. The number of pyridine rings is 3. The molecule has 110 heavy (non-hydrogen) atoms. The van der Waals surface area contributed by atoms with Crippen LogP contribution in [0.2, 0.25) is 5.02 Å². The van der Waals surface area contributed by atoms with E-state index in [0.29, 0.717) is 48.0 Å². The molecule has 12 aromatic rings. The molecule has 11 heterocycles. The largest absolute Gasteiger partial charge is 0.493 e. The Morgan fingerprint density at radius 2 is 0.655 bits per heavy atom. The molecule has 0 radical (unpaired) electrons. The minimum absolute atomic E-state index is 0.441. The molecule has 0 fully saturated rings. The molecule has 0 unspecified atom stereocenters. The van der Waals surface area contributed by atoms with Crippen LogP contribution in [0.15, 0.2) is 158 Å². The van der Waals surface area contributed by atoms with Gasteiger partial charge in [-0.25, -0.2) is 0 Å². The zero-order valence-corrected chi connectivity index (χ0v) is 67.9. The molecule has 3 aromatic heterocycles. The Hall–Kier alpha value is -9.78. The van der Waals surface area contributed by atoms with Gasteiger partial charge in [0.1, 0.15) is 53.5 Å². The SMILES string of the molecule is CC(C)c1ccc2c(c1Cl)NCCO2.CC(C)c1ccc2c3c(cccc13)CCO2.CC(C)c1ccc2c3c(cccc13)CCO2.CC(C)c1ccc2c3c(ccnc13)CCO2.CC(C)c1ccc2c3c(ccnc13)CCO2.CC(C)c1ccc2c3c(ccnc13)CCO2.CC(C)c1ccc2c3c1CCCN3CCO2. The predicted octanol–water partition coefficient (Wildman–Crippen LogP) is 23.9. The van der Waals surface area contributed by atoms with Crippen LogP contribution in [-0.2, 0) is 38.5 Å². The first-order chi connectivity index (χ1) is 53.3. The van der Waals surface area contributed by atoms with E-state index in [1.165, 1.54) is 130 Å². The van der Waals surface area contributed by atoms with Crippen LogP contribution < -0.4 is 43.4 Å². The van der Waals surface area contributed by atoms with Gasteiger partial charge in [0, 0.05) is 90.7 Å². The lowest BCUT2D eigenvalue weighted by molar-refractivity contribution is 0.304. The first-order valence-corrected chi connectivity index (χ1v) is 40.9. The number of nitrogens with one attached hydrogen (secondary N) is 1. The number of ether oxygens (including phenoxy) is 7.